The number of ketones is 2. The summed E-state index contributed by atoms with van der Waals surface area (Å²) >= 11 is 2.50. The third-order valence-corrected chi connectivity index (χ3v) is 8.28. The molecule has 10 nitrogen and oxygen atoms in total. The topological polar surface area (TPSA) is 149 Å². The van der Waals surface area contributed by atoms with Crippen LogP contribution < -0.4 is 14.2 Å². The van der Waals surface area contributed by atoms with Gasteiger partial charge < -0.3 is 24.4 Å². The number of ether oxygens (including phenoxy) is 3. The lowest BCUT2D eigenvalue weighted by Gasteiger charge is -2.12. The second-order valence-corrected chi connectivity index (χ2v) is 11.0. The van der Waals surface area contributed by atoms with Crippen LogP contribution in [0.25, 0.3) is 20.3 Å². The number of aromatic nitrogens is 1. The first-order valence-electron chi connectivity index (χ1n) is 12.4. The molecule has 0 bridgehead atoms. The van der Waals surface area contributed by atoms with Crippen molar-refractivity contribution in [1.29, 1.82) is 0 Å². The minimum Gasteiger partial charge on any atom is -0.496 e. The number of methoxy groups -OCH3 is 2. The largest absolute Gasteiger partial charge is 0.496 e. The highest BCUT2D eigenvalue weighted by atomic mass is 32.1. The number of thiophene rings is 1. The summed E-state index contributed by atoms with van der Waals surface area (Å²) in [6.45, 7) is 0.361. The molecule has 0 atom stereocenters. The molecule has 12 heteroatoms. The van der Waals surface area contributed by atoms with Gasteiger partial charge in [0.05, 0.1) is 48.8 Å². The molecule has 0 aliphatic heterocycles. The number of fused-ring (bicyclic) bond motifs is 2. The average Bonchev–Trinajstić information content (AvgIpc) is 3.55. The lowest BCUT2D eigenvalue weighted by Crippen LogP contribution is -2.03. The van der Waals surface area contributed by atoms with Crippen molar-refractivity contribution in [2.75, 3.05) is 20.8 Å². The zero-order chi connectivity index (χ0) is 28.8. The van der Waals surface area contributed by atoms with Gasteiger partial charge in [-0.15, -0.1) is 22.7 Å². The molecule has 2 aromatic heterocycles. The molecule has 0 saturated heterocycles. The second kappa shape index (κ2) is 12.9. The molecule has 0 radical (unpaired) electrons. The van der Waals surface area contributed by atoms with E-state index in [9.17, 15) is 19.2 Å². The minimum atomic E-state index is -1.03. The maximum absolute atomic E-state index is 12.4. The summed E-state index contributed by atoms with van der Waals surface area (Å²) in [6, 6.07) is 9.11. The average molecular weight is 586 g/mol. The van der Waals surface area contributed by atoms with Crippen molar-refractivity contribution in [3.8, 4) is 17.2 Å². The summed E-state index contributed by atoms with van der Waals surface area (Å²) in [5, 5.41) is 18.8. The second-order valence-electron chi connectivity index (χ2n) is 8.89. The van der Waals surface area contributed by atoms with Crippen molar-refractivity contribution < 1.29 is 43.6 Å². The molecule has 0 aliphatic carbocycles. The number of carboxylic acid groups (broad SMARTS) is 2. The van der Waals surface area contributed by atoms with Gasteiger partial charge in [-0.05, 0) is 42.0 Å². The van der Waals surface area contributed by atoms with Crippen LogP contribution in [-0.4, -0.2) is 59.5 Å². The van der Waals surface area contributed by atoms with Crippen molar-refractivity contribution in [3.63, 3.8) is 0 Å². The van der Waals surface area contributed by atoms with E-state index < -0.39 is 11.9 Å². The molecule has 4 rings (SSSR count). The maximum Gasteiger partial charge on any atom is 0.303 e. The molecule has 0 amide bonds. The van der Waals surface area contributed by atoms with Gasteiger partial charge in [0.15, 0.2) is 28.1 Å². The third kappa shape index (κ3) is 6.93. The van der Waals surface area contributed by atoms with Crippen molar-refractivity contribution in [2.45, 2.75) is 38.5 Å². The molecule has 210 valence electrons. The fourth-order valence-corrected chi connectivity index (χ4v) is 6.07. The summed E-state index contributed by atoms with van der Waals surface area (Å²) in [4.78, 5) is 51.1. The smallest absolute Gasteiger partial charge is 0.303 e. The standard InChI is InChI=1S/C28H27NO9S2/c1-36-20-13-23-16(11-25(39-23)18(30)5-7-26(32)33)10-15(20)4-3-9-38-22-12-17-24(14-21(22)37-2)40-28(29-17)19(31)6-8-27(34)35/h10-14H,3-9H2,1-2H3,(H,32,33)(H,34,35). The van der Waals surface area contributed by atoms with Crippen molar-refractivity contribution >= 4 is 66.5 Å². The Labute approximate surface area is 237 Å². The Hall–Kier alpha value is -4.03. The number of hydrogen-bond acceptors (Lipinski definition) is 10. The van der Waals surface area contributed by atoms with E-state index in [1.807, 2.05) is 12.1 Å². The first-order valence-corrected chi connectivity index (χ1v) is 14.0. The first kappa shape index (κ1) is 29.0. The van der Waals surface area contributed by atoms with Crippen LogP contribution in [0.5, 0.6) is 17.2 Å². The number of carbonyl (C=O) groups is 4. The van der Waals surface area contributed by atoms with Gasteiger partial charge in [0, 0.05) is 29.7 Å². The van der Waals surface area contributed by atoms with Gasteiger partial charge in [-0.1, -0.05) is 0 Å². The summed E-state index contributed by atoms with van der Waals surface area (Å²) in [7, 11) is 3.11. The molecule has 2 heterocycles. The van der Waals surface area contributed by atoms with Crippen LogP contribution >= 0.6 is 22.7 Å². The summed E-state index contributed by atoms with van der Waals surface area (Å²) < 4.78 is 18.7. The van der Waals surface area contributed by atoms with Crippen molar-refractivity contribution in [3.05, 3.63) is 45.8 Å². The number of aryl methyl sites for hydroxylation is 1. The first-order chi connectivity index (χ1) is 19.2. The van der Waals surface area contributed by atoms with Crippen LogP contribution in [-0.2, 0) is 16.0 Å². The highest BCUT2D eigenvalue weighted by molar-refractivity contribution is 7.21. The Morgan fingerprint density at radius 1 is 0.775 bits per heavy atom. The molecular weight excluding hydrogens is 558 g/mol. The number of aliphatic carboxylic acids is 2. The number of hydrogen-bond donors (Lipinski definition) is 2. The van der Waals surface area contributed by atoms with Crippen LogP contribution in [0.2, 0.25) is 0 Å². The zero-order valence-electron chi connectivity index (χ0n) is 21.9. The Bertz CT molecular complexity index is 1470. The van der Waals surface area contributed by atoms with Gasteiger partial charge >= 0.3 is 11.9 Å². The quantitative estimate of drug-likeness (QED) is 0.133. The predicted octanol–water partition coefficient (Wildman–Crippen LogP) is 5.63. The normalized spacial score (nSPS) is 11.1. The molecule has 0 unspecified atom stereocenters. The number of Topliss-reactive ketones (excluding diaryl/α,β-unsaturated/α-hetero) is 2. The molecular formula is C28H27NO9S2. The number of carbonyl (C=O) groups excluding carboxylic acids is 2. The van der Waals surface area contributed by atoms with Crippen LogP contribution in [0.3, 0.4) is 0 Å². The van der Waals surface area contributed by atoms with Gasteiger partial charge in [-0.25, -0.2) is 4.98 Å². The molecule has 2 aromatic carbocycles. The lowest BCUT2D eigenvalue weighted by molar-refractivity contribution is -0.137. The van der Waals surface area contributed by atoms with E-state index in [2.05, 4.69) is 4.98 Å². The Balaban J connectivity index is 1.42. The fourth-order valence-electron chi connectivity index (χ4n) is 4.08. The Morgan fingerprint density at radius 2 is 1.45 bits per heavy atom. The molecule has 2 N–H and O–H groups in total. The number of benzene rings is 2. The van der Waals surface area contributed by atoms with Gasteiger partial charge in [0.2, 0.25) is 0 Å². The Morgan fingerprint density at radius 3 is 2.12 bits per heavy atom. The molecule has 0 aliphatic rings. The van der Waals surface area contributed by atoms with Crippen LogP contribution in [0.1, 0.15) is 57.1 Å². The van der Waals surface area contributed by atoms with Gasteiger partial charge in [0.25, 0.3) is 0 Å². The highest BCUT2D eigenvalue weighted by Crippen LogP contribution is 2.36. The lowest BCUT2D eigenvalue weighted by atomic mass is 10.1. The van der Waals surface area contributed by atoms with Crippen LogP contribution in [0, 0.1) is 0 Å². The van der Waals surface area contributed by atoms with E-state index in [0.29, 0.717) is 47.1 Å². The van der Waals surface area contributed by atoms with Crippen LogP contribution in [0.15, 0.2) is 30.3 Å². The number of thiazole rings is 1. The minimum absolute atomic E-state index is 0.0397. The van der Waals surface area contributed by atoms with Crippen molar-refractivity contribution in [1.82, 2.24) is 4.98 Å². The molecule has 40 heavy (non-hydrogen) atoms. The third-order valence-electron chi connectivity index (χ3n) is 6.09. The SMILES string of the molecule is COc1cc2sc(C(=O)CCC(=O)O)cc2cc1CCCOc1cc2nc(C(=O)CCC(=O)O)sc2cc1OC. The summed E-state index contributed by atoms with van der Waals surface area (Å²) in [5.41, 5.74) is 1.52. The zero-order valence-corrected chi connectivity index (χ0v) is 23.5. The van der Waals surface area contributed by atoms with E-state index in [-0.39, 0.29) is 42.3 Å². The van der Waals surface area contributed by atoms with E-state index in [1.165, 1.54) is 29.8 Å². The van der Waals surface area contributed by atoms with E-state index >= 15 is 0 Å². The van der Waals surface area contributed by atoms with Crippen LogP contribution in [0.4, 0.5) is 0 Å². The molecule has 0 spiro atoms. The van der Waals surface area contributed by atoms with Gasteiger partial charge in [0.1, 0.15) is 5.75 Å². The predicted molar refractivity (Wildman–Crippen MR) is 151 cm³/mol. The monoisotopic (exact) mass is 585 g/mol. The molecule has 0 saturated carbocycles. The van der Waals surface area contributed by atoms with E-state index in [0.717, 1.165) is 20.3 Å². The molecule has 4 aromatic rings. The van der Waals surface area contributed by atoms with Gasteiger partial charge in [-0.3, -0.25) is 19.2 Å². The summed E-state index contributed by atoms with van der Waals surface area (Å²) in [6.07, 6.45) is 0.686. The number of rotatable bonds is 15. The maximum atomic E-state index is 12.4. The van der Waals surface area contributed by atoms with Gasteiger partial charge in [-0.2, -0.15) is 0 Å². The summed E-state index contributed by atoms with van der Waals surface area (Å²) in [5.74, 6) is -0.878. The molecule has 0 fully saturated rings. The fraction of sp³-hybridized carbons (Fsp3) is 0.321. The Kier molecular flexibility index (Phi) is 9.33. The number of nitrogens with zero attached hydrogens (tertiary/aromatic N) is 1. The van der Waals surface area contributed by atoms with E-state index in [1.54, 1.807) is 25.3 Å². The van der Waals surface area contributed by atoms with Crippen molar-refractivity contribution in [2.24, 2.45) is 0 Å². The van der Waals surface area contributed by atoms with E-state index in [4.69, 9.17) is 24.4 Å². The highest BCUT2D eigenvalue weighted by Gasteiger charge is 2.17. The number of carboxylic acids is 2.